The summed E-state index contributed by atoms with van der Waals surface area (Å²) in [5.74, 6) is -0.428. The maximum atomic E-state index is 11.0. The van der Waals surface area contributed by atoms with Crippen molar-refractivity contribution in [2.24, 2.45) is 0 Å². The number of aromatic nitrogens is 2. The Balaban J connectivity index is 2.61. The summed E-state index contributed by atoms with van der Waals surface area (Å²) >= 11 is 11.4. The van der Waals surface area contributed by atoms with Crippen LogP contribution in [0.4, 0.5) is 0 Å². The van der Waals surface area contributed by atoms with Crippen molar-refractivity contribution < 1.29 is 14.3 Å². The smallest absolute Gasteiger partial charge is 0.344 e. The van der Waals surface area contributed by atoms with E-state index in [2.05, 4.69) is 14.7 Å². The highest BCUT2D eigenvalue weighted by molar-refractivity contribution is 6.35. The summed E-state index contributed by atoms with van der Waals surface area (Å²) in [6.45, 7) is 1.71. The number of halogens is 2. The van der Waals surface area contributed by atoms with E-state index in [4.69, 9.17) is 27.9 Å². The van der Waals surface area contributed by atoms with E-state index < -0.39 is 5.97 Å². The molecule has 0 aromatic carbocycles. The first-order valence-corrected chi connectivity index (χ1v) is 4.85. The number of carbonyl (C=O) groups excluding carboxylic acids is 1. The molecule has 0 N–H and O–H groups in total. The Morgan fingerprint density at radius 1 is 1.40 bits per heavy atom. The fourth-order valence-corrected chi connectivity index (χ4v) is 1.21. The number of carbonyl (C=O) groups is 1. The largest absolute Gasteiger partial charge is 0.475 e. The number of hydrogen-bond acceptors (Lipinski definition) is 5. The van der Waals surface area contributed by atoms with E-state index in [9.17, 15) is 4.79 Å². The van der Waals surface area contributed by atoms with Gasteiger partial charge in [0, 0.05) is 0 Å². The van der Waals surface area contributed by atoms with Crippen LogP contribution in [-0.2, 0) is 9.53 Å². The minimum atomic E-state index is -0.506. The molecule has 0 fully saturated rings. The van der Waals surface area contributed by atoms with Crippen LogP contribution in [0.5, 0.6) is 5.75 Å². The Bertz CT molecular complexity index is 339. The highest BCUT2D eigenvalue weighted by atomic mass is 35.5. The Labute approximate surface area is 96.3 Å². The van der Waals surface area contributed by atoms with Crippen molar-refractivity contribution in [2.75, 3.05) is 13.2 Å². The summed E-state index contributed by atoms with van der Waals surface area (Å²) in [5, 5.41) is 0.110. The van der Waals surface area contributed by atoms with Gasteiger partial charge in [-0.15, -0.1) is 0 Å². The Kier molecular flexibility index (Phi) is 4.58. The molecule has 0 spiro atoms. The first-order chi connectivity index (χ1) is 7.15. The SMILES string of the molecule is CCOC(=O)COc1c(Cl)ncnc1Cl. The molecule has 1 aromatic rings. The summed E-state index contributed by atoms with van der Waals surface area (Å²) in [5.41, 5.74) is 0. The van der Waals surface area contributed by atoms with Crippen LogP contribution < -0.4 is 4.74 Å². The van der Waals surface area contributed by atoms with Gasteiger partial charge in [0.1, 0.15) is 6.33 Å². The molecule has 0 aliphatic rings. The van der Waals surface area contributed by atoms with Crippen molar-refractivity contribution in [2.45, 2.75) is 6.92 Å². The minimum absolute atomic E-state index is 0.0549. The van der Waals surface area contributed by atoms with Crippen LogP contribution >= 0.6 is 23.2 Å². The van der Waals surface area contributed by atoms with Crippen molar-refractivity contribution in [1.82, 2.24) is 9.97 Å². The average Bonchev–Trinajstić information content (AvgIpc) is 2.17. The number of hydrogen-bond donors (Lipinski definition) is 0. The Morgan fingerprint density at radius 3 is 2.53 bits per heavy atom. The van der Waals surface area contributed by atoms with Gasteiger partial charge in [0.15, 0.2) is 22.7 Å². The highest BCUT2D eigenvalue weighted by Crippen LogP contribution is 2.28. The number of nitrogens with zero attached hydrogens (tertiary/aromatic N) is 2. The predicted molar refractivity (Wildman–Crippen MR) is 54.2 cm³/mol. The quantitative estimate of drug-likeness (QED) is 0.602. The Hall–Kier alpha value is -1.07. The van der Waals surface area contributed by atoms with Crippen LogP contribution in [0, 0.1) is 0 Å². The molecular formula is C8H8Cl2N2O3. The van der Waals surface area contributed by atoms with Gasteiger partial charge in [-0.25, -0.2) is 14.8 Å². The van der Waals surface area contributed by atoms with E-state index >= 15 is 0 Å². The van der Waals surface area contributed by atoms with Gasteiger partial charge in [0.05, 0.1) is 6.61 Å². The lowest BCUT2D eigenvalue weighted by atomic mass is 10.6. The molecule has 0 amide bonds. The first kappa shape index (κ1) is 12.0. The molecule has 15 heavy (non-hydrogen) atoms. The predicted octanol–water partition coefficient (Wildman–Crippen LogP) is 1.73. The number of esters is 1. The third kappa shape index (κ3) is 3.53. The van der Waals surface area contributed by atoms with E-state index in [-0.39, 0.29) is 29.3 Å². The molecule has 0 saturated heterocycles. The van der Waals surface area contributed by atoms with Crippen molar-refractivity contribution in [3.63, 3.8) is 0 Å². The normalized spacial score (nSPS) is 9.80. The molecule has 0 atom stereocenters. The summed E-state index contributed by atoms with van der Waals surface area (Å²) in [7, 11) is 0. The maximum Gasteiger partial charge on any atom is 0.344 e. The van der Waals surface area contributed by atoms with Gasteiger partial charge in [-0.2, -0.15) is 0 Å². The van der Waals surface area contributed by atoms with Gasteiger partial charge in [-0.05, 0) is 6.92 Å². The van der Waals surface area contributed by atoms with Crippen molar-refractivity contribution in [3.05, 3.63) is 16.6 Å². The highest BCUT2D eigenvalue weighted by Gasteiger charge is 2.11. The van der Waals surface area contributed by atoms with Crippen molar-refractivity contribution in [3.8, 4) is 5.75 Å². The Morgan fingerprint density at radius 2 is 2.00 bits per heavy atom. The topological polar surface area (TPSA) is 61.3 Å². The molecule has 0 radical (unpaired) electrons. The minimum Gasteiger partial charge on any atom is -0.475 e. The van der Waals surface area contributed by atoms with Crippen molar-refractivity contribution >= 4 is 29.2 Å². The second-order valence-corrected chi connectivity index (χ2v) is 3.09. The van der Waals surface area contributed by atoms with Gasteiger partial charge in [0.2, 0.25) is 0 Å². The van der Waals surface area contributed by atoms with Crippen LogP contribution in [0.1, 0.15) is 6.92 Å². The monoisotopic (exact) mass is 250 g/mol. The standard InChI is InChI=1S/C8H8Cl2N2O3/c1-2-14-5(13)3-15-6-7(9)11-4-12-8(6)10/h4H,2-3H2,1H3. The van der Waals surface area contributed by atoms with Gasteiger partial charge < -0.3 is 9.47 Å². The van der Waals surface area contributed by atoms with E-state index in [0.717, 1.165) is 0 Å². The molecule has 7 heteroatoms. The van der Waals surface area contributed by atoms with E-state index in [1.54, 1.807) is 6.92 Å². The van der Waals surface area contributed by atoms with Crippen molar-refractivity contribution in [1.29, 1.82) is 0 Å². The zero-order valence-corrected chi connectivity index (χ0v) is 9.38. The van der Waals surface area contributed by atoms with Gasteiger partial charge >= 0.3 is 5.97 Å². The molecule has 0 saturated carbocycles. The molecule has 1 aromatic heterocycles. The molecule has 0 aliphatic carbocycles. The summed E-state index contributed by atoms with van der Waals surface area (Å²) in [4.78, 5) is 18.3. The lowest BCUT2D eigenvalue weighted by Gasteiger charge is -2.07. The summed E-state index contributed by atoms with van der Waals surface area (Å²) in [6, 6.07) is 0. The number of ether oxygens (including phenoxy) is 2. The van der Waals surface area contributed by atoms with Crippen LogP contribution in [0.3, 0.4) is 0 Å². The molecule has 1 heterocycles. The summed E-state index contributed by atoms with van der Waals surface area (Å²) in [6.07, 6.45) is 1.20. The van der Waals surface area contributed by atoms with Gasteiger partial charge in [-0.3, -0.25) is 0 Å². The lowest BCUT2D eigenvalue weighted by molar-refractivity contribution is -0.145. The second kappa shape index (κ2) is 5.72. The zero-order valence-electron chi connectivity index (χ0n) is 7.87. The maximum absolute atomic E-state index is 11.0. The third-order valence-corrected chi connectivity index (χ3v) is 1.90. The van der Waals surface area contributed by atoms with E-state index in [1.165, 1.54) is 6.33 Å². The third-order valence-electron chi connectivity index (χ3n) is 1.36. The van der Waals surface area contributed by atoms with Gasteiger partial charge in [0.25, 0.3) is 0 Å². The molecule has 0 bridgehead atoms. The molecule has 0 unspecified atom stereocenters. The first-order valence-electron chi connectivity index (χ1n) is 4.09. The molecule has 0 aliphatic heterocycles. The zero-order chi connectivity index (χ0) is 11.3. The van der Waals surface area contributed by atoms with Crippen LogP contribution in [0.15, 0.2) is 6.33 Å². The lowest BCUT2D eigenvalue weighted by Crippen LogP contribution is -2.15. The fraction of sp³-hybridized carbons (Fsp3) is 0.375. The fourth-order valence-electron chi connectivity index (χ4n) is 0.785. The van der Waals surface area contributed by atoms with Crippen LogP contribution in [0.2, 0.25) is 10.3 Å². The van der Waals surface area contributed by atoms with Gasteiger partial charge in [-0.1, -0.05) is 23.2 Å². The number of rotatable bonds is 4. The van der Waals surface area contributed by atoms with Crippen LogP contribution in [0.25, 0.3) is 0 Å². The molecular weight excluding hydrogens is 243 g/mol. The van der Waals surface area contributed by atoms with Crippen LogP contribution in [-0.4, -0.2) is 29.2 Å². The van der Waals surface area contributed by atoms with E-state index in [0.29, 0.717) is 0 Å². The van der Waals surface area contributed by atoms with E-state index in [1.807, 2.05) is 0 Å². The molecule has 82 valence electrons. The summed E-state index contributed by atoms with van der Waals surface area (Å²) < 4.78 is 9.67. The second-order valence-electron chi connectivity index (χ2n) is 2.38. The average molecular weight is 251 g/mol. The molecule has 5 nitrogen and oxygen atoms in total. The molecule has 1 rings (SSSR count).